The number of aryl methyl sites for hydroxylation is 1. The Morgan fingerprint density at radius 3 is 2.04 bits per heavy atom. The van der Waals surface area contributed by atoms with E-state index in [0.29, 0.717) is 65.1 Å². The van der Waals surface area contributed by atoms with Gasteiger partial charge in [0.15, 0.2) is 17.3 Å². The van der Waals surface area contributed by atoms with Crippen LogP contribution in [0.25, 0.3) is 22.3 Å². The van der Waals surface area contributed by atoms with E-state index < -0.39 is 47.4 Å². The van der Waals surface area contributed by atoms with Crippen molar-refractivity contribution in [2.75, 3.05) is 39.9 Å². The van der Waals surface area contributed by atoms with Crippen LogP contribution in [0.15, 0.2) is 84.9 Å². The second kappa shape index (κ2) is 25.6. The number of rotatable bonds is 22. The number of hydrogen-bond acceptors (Lipinski definition) is 11. The lowest BCUT2D eigenvalue weighted by molar-refractivity contribution is -0.142. The molecule has 4 bridgehead atoms. The van der Waals surface area contributed by atoms with Gasteiger partial charge in [0, 0.05) is 67.9 Å². The zero-order chi connectivity index (χ0) is 48.5. The number of fused-ring (bicyclic) bond motifs is 5. The Kier molecular flexibility index (Phi) is 19.8. The number of nitrogens with zero attached hydrogens (tertiary/aromatic N) is 2. The van der Waals surface area contributed by atoms with Gasteiger partial charge in [0.05, 0.1) is 18.0 Å². The maximum atomic E-state index is 14.9. The van der Waals surface area contributed by atoms with E-state index in [-0.39, 0.29) is 63.6 Å². The lowest BCUT2D eigenvalue weighted by atomic mass is 9.87. The van der Waals surface area contributed by atoms with E-state index >= 15 is 0 Å². The molecule has 2 amide bonds. The fourth-order valence-electron chi connectivity index (χ4n) is 8.55. The highest BCUT2D eigenvalue weighted by Gasteiger charge is 2.36. The van der Waals surface area contributed by atoms with Crippen molar-refractivity contribution in [3.8, 4) is 39.8 Å². The number of carbonyl (C=O) groups is 5. The van der Waals surface area contributed by atoms with Gasteiger partial charge < -0.3 is 36.9 Å². The Bertz CT molecular complexity index is 2360. The smallest absolute Gasteiger partial charge is 0.226 e. The van der Waals surface area contributed by atoms with Crippen LogP contribution >= 0.6 is 0 Å². The van der Waals surface area contributed by atoms with Crippen molar-refractivity contribution in [2.24, 2.45) is 35.0 Å². The van der Waals surface area contributed by atoms with E-state index in [1.807, 2.05) is 18.2 Å². The van der Waals surface area contributed by atoms with Gasteiger partial charge in [-0.15, -0.1) is 0 Å². The Morgan fingerprint density at radius 2 is 1.43 bits per heavy atom. The molecule has 0 unspecified atom stereocenters. The summed E-state index contributed by atoms with van der Waals surface area (Å²) in [7, 11) is 1.56. The Hall–Kier alpha value is -6.20. The van der Waals surface area contributed by atoms with Gasteiger partial charge in [-0.25, -0.2) is 0 Å². The van der Waals surface area contributed by atoms with Gasteiger partial charge in [0.1, 0.15) is 30.8 Å². The van der Waals surface area contributed by atoms with E-state index in [9.17, 15) is 29.2 Å². The second-order valence-electron chi connectivity index (χ2n) is 17.7. The van der Waals surface area contributed by atoms with Crippen LogP contribution in [0, 0.1) is 29.1 Å². The maximum absolute atomic E-state index is 14.9. The third-order valence-electron chi connectivity index (χ3n) is 12.4. The zero-order valence-electron chi connectivity index (χ0n) is 39.6. The molecule has 4 aromatic carbocycles. The van der Waals surface area contributed by atoms with Crippen molar-refractivity contribution in [3.63, 3.8) is 0 Å². The summed E-state index contributed by atoms with van der Waals surface area (Å²) in [4.78, 5) is 72.9. The standard InChI is InChI=1S/C54H68N6O7/c1-5-6-9-37-11-14-39(15-12-37)40-16-18-41(19-17-40)47(61)33-43(10-7-8-23-55)54(65)60(4)52-42-20-22-51(67-27-25-57)45(32-42)44-30-38(13-21-50(44)66-26-24-56)31-46(48(62)28-35(2)34-58)59-53(64)36(3)29-49(52)63/h11-22,30,32,35-36,43,46,52H,5-10,23-29,31,33,55-57H2,1-4H3,(H,59,64)/t35-,36+,43+,46-,52-/m0/s1. The second-order valence-corrected chi connectivity index (χ2v) is 17.7. The average Bonchev–Trinajstić information content (AvgIpc) is 3.33. The number of ether oxygens (including phenoxy) is 2. The number of likely N-dealkylation sites (N-methyl/N-ethyl adjacent to an activating group) is 1. The zero-order valence-corrected chi connectivity index (χ0v) is 39.6. The fourth-order valence-corrected chi connectivity index (χ4v) is 8.55. The summed E-state index contributed by atoms with van der Waals surface area (Å²) >= 11 is 0. The molecular formula is C54H68N6O7. The summed E-state index contributed by atoms with van der Waals surface area (Å²) in [6, 6.07) is 26.4. The number of carbonyl (C=O) groups excluding carboxylic acids is 5. The molecule has 67 heavy (non-hydrogen) atoms. The van der Waals surface area contributed by atoms with Gasteiger partial charge in [-0.2, -0.15) is 5.26 Å². The highest BCUT2D eigenvalue weighted by atomic mass is 16.5. The van der Waals surface area contributed by atoms with Crippen LogP contribution in [0.1, 0.15) is 105 Å². The molecule has 0 saturated heterocycles. The molecule has 1 aliphatic heterocycles. The monoisotopic (exact) mass is 913 g/mol. The predicted octanol–water partition coefficient (Wildman–Crippen LogP) is 7.31. The summed E-state index contributed by atoms with van der Waals surface area (Å²) in [5.74, 6) is -3.26. The molecule has 0 spiro atoms. The fraction of sp³-hybridized carbons (Fsp3) is 0.444. The van der Waals surface area contributed by atoms with E-state index in [0.717, 1.165) is 30.4 Å². The molecule has 7 N–H and O–H groups in total. The molecule has 0 radical (unpaired) electrons. The molecule has 356 valence electrons. The van der Waals surface area contributed by atoms with Crippen LogP contribution in [0.2, 0.25) is 0 Å². The molecule has 4 aromatic rings. The van der Waals surface area contributed by atoms with Crippen molar-refractivity contribution in [1.29, 1.82) is 5.26 Å². The number of amides is 2. The summed E-state index contributed by atoms with van der Waals surface area (Å²) in [5, 5.41) is 12.4. The number of hydrogen-bond donors (Lipinski definition) is 4. The van der Waals surface area contributed by atoms with Crippen LogP contribution in [0.4, 0.5) is 0 Å². The van der Waals surface area contributed by atoms with Crippen molar-refractivity contribution >= 4 is 29.2 Å². The lowest BCUT2D eigenvalue weighted by Gasteiger charge is -2.32. The summed E-state index contributed by atoms with van der Waals surface area (Å²) in [6.07, 6.45) is 4.54. The molecule has 0 aromatic heterocycles. The first-order valence-electron chi connectivity index (χ1n) is 23.7. The van der Waals surface area contributed by atoms with Gasteiger partial charge in [-0.05, 0) is 97.7 Å². The van der Waals surface area contributed by atoms with Crippen LogP contribution in [-0.4, -0.2) is 80.0 Å². The van der Waals surface area contributed by atoms with Crippen molar-refractivity contribution < 1.29 is 33.4 Å². The molecule has 0 saturated carbocycles. The molecule has 1 heterocycles. The molecule has 13 nitrogen and oxygen atoms in total. The normalized spacial score (nSPS) is 17.0. The topological polar surface area (TPSA) is 221 Å². The molecule has 0 fully saturated rings. The largest absolute Gasteiger partial charge is 0.492 e. The number of ketones is 3. The first-order chi connectivity index (χ1) is 32.3. The van der Waals surface area contributed by atoms with Crippen LogP contribution in [-0.2, 0) is 32.0 Å². The van der Waals surface area contributed by atoms with E-state index in [4.69, 9.17) is 26.7 Å². The number of Topliss-reactive ketones (excluding diaryl/α,β-unsaturated/α-hetero) is 3. The van der Waals surface area contributed by atoms with Gasteiger partial charge in [-0.3, -0.25) is 24.0 Å². The third-order valence-corrected chi connectivity index (χ3v) is 12.4. The first-order valence-corrected chi connectivity index (χ1v) is 23.7. The molecule has 1 aliphatic rings. The lowest BCUT2D eigenvalue weighted by Crippen LogP contribution is -2.46. The van der Waals surface area contributed by atoms with Crippen molar-refractivity contribution in [1.82, 2.24) is 10.2 Å². The predicted molar refractivity (Wildman–Crippen MR) is 261 cm³/mol. The molecule has 0 aliphatic carbocycles. The summed E-state index contributed by atoms with van der Waals surface area (Å²) in [6.45, 7) is 6.65. The molecule has 5 rings (SSSR count). The number of unbranched alkanes of at least 4 members (excludes halogenated alkanes) is 2. The van der Waals surface area contributed by atoms with Gasteiger partial charge in [0.2, 0.25) is 11.8 Å². The number of nitriles is 1. The minimum absolute atomic E-state index is 0.0820. The number of nitrogens with two attached hydrogens (primary N) is 3. The van der Waals surface area contributed by atoms with Gasteiger partial charge in [-0.1, -0.05) is 87.4 Å². The quantitative estimate of drug-likeness (QED) is 0.0452. The minimum Gasteiger partial charge on any atom is -0.492 e. The van der Waals surface area contributed by atoms with Crippen LogP contribution < -0.4 is 32.0 Å². The third kappa shape index (κ3) is 14.2. The minimum atomic E-state index is -1.20. The van der Waals surface area contributed by atoms with E-state index in [1.165, 1.54) is 10.5 Å². The van der Waals surface area contributed by atoms with Crippen molar-refractivity contribution in [3.05, 3.63) is 107 Å². The Morgan fingerprint density at radius 1 is 0.806 bits per heavy atom. The highest BCUT2D eigenvalue weighted by molar-refractivity contribution is 6.00. The Balaban J connectivity index is 1.55. The molecular weight excluding hydrogens is 845 g/mol. The number of benzene rings is 4. The van der Waals surface area contributed by atoms with E-state index in [2.05, 4.69) is 42.6 Å². The maximum Gasteiger partial charge on any atom is 0.226 e. The Labute approximate surface area is 395 Å². The first kappa shape index (κ1) is 51.8. The SMILES string of the molecule is CCCCc1ccc(-c2ccc(C(=O)C[C@@H](CCCCN)C(=O)N(C)[C@@H]3C(=O)C[C@@H](C)C(=O)N[C@H](C(=O)C[C@H](C)C#N)Cc4ccc(OCCN)c(c4)-c4cc3ccc4OCCN)cc2)cc1. The molecule has 5 atom stereocenters. The van der Waals surface area contributed by atoms with Gasteiger partial charge >= 0.3 is 0 Å². The highest BCUT2D eigenvalue weighted by Crippen LogP contribution is 2.41. The van der Waals surface area contributed by atoms with Crippen LogP contribution in [0.3, 0.4) is 0 Å². The van der Waals surface area contributed by atoms with Gasteiger partial charge in [0.25, 0.3) is 0 Å². The average molecular weight is 913 g/mol. The van der Waals surface area contributed by atoms with Crippen molar-refractivity contribution in [2.45, 2.75) is 97.1 Å². The summed E-state index contributed by atoms with van der Waals surface area (Å²) < 4.78 is 12.3. The number of nitrogens with one attached hydrogen (secondary N) is 1. The van der Waals surface area contributed by atoms with E-state index in [1.54, 1.807) is 63.4 Å². The van der Waals surface area contributed by atoms with Crippen LogP contribution in [0.5, 0.6) is 11.5 Å². The molecule has 13 heteroatoms. The summed E-state index contributed by atoms with van der Waals surface area (Å²) in [5.41, 5.74) is 23.7.